The Labute approximate surface area is 202 Å². The Kier molecular flexibility index (Phi) is 9.06. The number of likely N-dealkylation sites (N-methyl/N-ethyl adjacent to an activating group) is 1. The summed E-state index contributed by atoms with van der Waals surface area (Å²) in [4.78, 5) is 27.4. The molecule has 186 valence electrons. The average molecular weight is 491 g/mol. The van der Waals surface area contributed by atoms with Crippen molar-refractivity contribution in [1.82, 2.24) is 14.5 Å². The van der Waals surface area contributed by atoms with Crippen molar-refractivity contribution in [3.63, 3.8) is 0 Å². The molecule has 10 heteroatoms. The second-order valence-electron chi connectivity index (χ2n) is 8.25. The second-order valence-corrected chi connectivity index (χ2v) is 10.3. The average Bonchev–Trinajstić information content (AvgIpc) is 2.81. The van der Waals surface area contributed by atoms with E-state index < -0.39 is 28.7 Å². The standard InChI is InChI=1S/C24H34N4O5S/c1-17-11-12-18(2)22(13-17)28(34(31,32)26(5)6)16-23(29)27(19(3)24(30)25-4)15-20-9-8-10-21(14-20)33-7/h8-14,19H,15-16H2,1-7H3,(H,25,30). The fourth-order valence-corrected chi connectivity index (χ4v) is 4.56. The number of nitrogens with one attached hydrogen (secondary N) is 1. The molecule has 0 aliphatic rings. The molecule has 2 aromatic carbocycles. The van der Waals surface area contributed by atoms with Crippen LogP contribution in [-0.2, 0) is 26.3 Å². The summed E-state index contributed by atoms with van der Waals surface area (Å²) in [5.41, 5.74) is 2.73. The maximum atomic E-state index is 13.6. The van der Waals surface area contributed by atoms with Crippen LogP contribution < -0.4 is 14.4 Å². The van der Waals surface area contributed by atoms with Gasteiger partial charge in [0.25, 0.3) is 0 Å². The fraction of sp³-hybridized carbons (Fsp3) is 0.417. The van der Waals surface area contributed by atoms with Gasteiger partial charge in [-0.25, -0.2) is 4.31 Å². The van der Waals surface area contributed by atoms with E-state index in [4.69, 9.17) is 4.74 Å². The molecule has 0 bridgehead atoms. The molecule has 0 saturated carbocycles. The maximum Gasteiger partial charge on any atom is 0.304 e. The minimum absolute atomic E-state index is 0.104. The zero-order valence-electron chi connectivity index (χ0n) is 20.8. The summed E-state index contributed by atoms with van der Waals surface area (Å²) in [6.07, 6.45) is 0. The molecule has 9 nitrogen and oxygen atoms in total. The van der Waals surface area contributed by atoms with Crippen molar-refractivity contribution in [1.29, 1.82) is 0 Å². The molecule has 0 saturated heterocycles. The van der Waals surface area contributed by atoms with Crippen LogP contribution in [0, 0.1) is 13.8 Å². The number of aryl methyl sites for hydroxylation is 2. The van der Waals surface area contributed by atoms with Crippen molar-refractivity contribution in [3.05, 3.63) is 59.2 Å². The molecule has 0 aliphatic heterocycles. The van der Waals surface area contributed by atoms with E-state index in [0.717, 1.165) is 19.7 Å². The molecule has 1 unspecified atom stereocenters. The summed E-state index contributed by atoms with van der Waals surface area (Å²) < 4.78 is 33.9. The van der Waals surface area contributed by atoms with Crippen LogP contribution in [0.3, 0.4) is 0 Å². The molecule has 2 amide bonds. The summed E-state index contributed by atoms with van der Waals surface area (Å²) >= 11 is 0. The molecule has 0 aliphatic carbocycles. The SMILES string of the molecule is CNC(=O)C(C)N(Cc1cccc(OC)c1)C(=O)CN(c1cc(C)ccc1C)S(=O)(=O)N(C)C. The second kappa shape index (κ2) is 11.3. The number of carbonyl (C=O) groups is 2. The van der Waals surface area contributed by atoms with Gasteiger partial charge in [0, 0.05) is 27.7 Å². The van der Waals surface area contributed by atoms with Gasteiger partial charge in [-0.1, -0.05) is 24.3 Å². The molecule has 2 rings (SSSR count). The third-order valence-electron chi connectivity index (χ3n) is 5.55. The number of anilines is 1. The number of carbonyl (C=O) groups excluding carboxylic acids is 2. The van der Waals surface area contributed by atoms with Crippen molar-refractivity contribution in [3.8, 4) is 5.75 Å². The van der Waals surface area contributed by atoms with Crippen LogP contribution in [0.5, 0.6) is 5.75 Å². The van der Waals surface area contributed by atoms with Gasteiger partial charge in [0.05, 0.1) is 12.8 Å². The van der Waals surface area contributed by atoms with Crippen molar-refractivity contribution in [2.45, 2.75) is 33.4 Å². The van der Waals surface area contributed by atoms with E-state index in [1.165, 1.54) is 26.0 Å². The van der Waals surface area contributed by atoms with Crippen LogP contribution >= 0.6 is 0 Å². The minimum atomic E-state index is -4.00. The highest BCUT2D eigenvalue weighted by Crippen LogP contribution is 2.26. The lowest BCUT2D eigenvalue weighted by Crippen LogP contribution is -2.52. The van der Waals surface area contributed by atoms with Gasteiger partial charge >= 0.3 is 10.2 Å². The number of benzene rings is 2. The van der Waals surface area contributed by atoms with E-state index in [2.05, 4.69) is 5.32 Å². The highest BCUT2D eigenvalue weighted by Gasteiger charge is 2.33. The molecule has 1 N–H and O–H groups in total. The highest BCUT2D eigenvalue weighted by molar-refractivity contribution is 7.90. The monoisotopic (exact) mass is 490 g/mol. The van der Waals surface area contributed by atoms with E-state index in [1.807, 2.05) is 25.1 Å². The van der Waals surface area contributed by atoms with Gasteiger partial charge in [-0.2, -0.15) is 12.7 Å². The molecular weight excluding hydrogens is 456 g/mol. The van der Waals surface area contributed by atoms with Crippen molar-refractivity contribution < 1.29 is 22.7 Å². The zero-order chi connectivity index (χ0) is 25.6. The molecule has 0 radical (unpaired) electrons. The number of methoxy groups -OCH3 is 1. The van der Waals surface area contributed by atoms with Crippen LogP contribution in [0.4, 0.5) is 5.69 Å². The molecule has 0 fully saturated rings. The largest absolute Gasteiger partial charge is 0.497 e. The van der Waals surface area contributed by atoms with Gasteiger partial charge in [0.1, 0.15) is 18.3 Å². The first-order chi connectivity index (χ1) is 15.9. The number of rotatable bonds is 10. The number of amides is 2. The molecular formula is C24H34N4O5S. The van der Waals surface area contributed by atoms with E-state index in [9.17, 15) is 18.0 Å². The van der Waals surface area contributed by atoms with Crippen LogP contribution in [-0.4, -0.2) is 70.3 Å². The van der Waals surface area contributed by atoms with E-state index >= 15 is 0 Å². The van der Waals surface area contributed by atoms with Crippen LogP contribution in [0.1, 0.15) is 23.6 Å². The quantitative estimate of drug-likeness (QED) is 0.550. The predicted molar refractivity (Wildman–Crippen MR) is 133 cm³/mol. The molecule has 2 aromatic rings. The minimum Gasteiger partial charge on any atom is -0.497 e. The van der Waals surface area contributed by atoms with E-state index in [-0.39, 0.29) is 12.5 Å². The van der Waals surface area contributed by atoms with Gasteiger partial charge < -0.3 is 15.0 Å². The third-order valence-corrected chi connectivity index (χ3v) is 7.36. The van der Waals surface area contributed by atoms with Gasteiger partial charge in [-0.3, -0.25) is 9.59 Å². The maximum absolute atomic E-state index is 13.6. The number of nitrogens with zero attached hydrogens (tertiary/aromatic N) is 3. The van der Waals surface area contributed by atoms with Crippen LogP contribution in [0.2, 0.25) is 0 Å². The van der Waals surface area contributed by atoms with Gasteiger partial charge in [-0.15, -0.1) is 0 Å². The van der Waals surface area contributed by atoms with Gasteiger partial charge in [-0.05, 0) is 55.7 Å². The summed E-state index contributed by atoms with van der Waals surface area (Å²) in [6.45, 7) is 4.90. The van der Waals surface area contributed by atoms with Crippen LogP contribution in [0.15, 0.2) is 42.5 Å². The molecule has 1 atom stereocenters. The summed E-state index contributed by atoms with van der Waals surface area (Å²) in [6, 6.07) is 11.8. The van der Waals surface area contributed by atoms with Crippen molar-refractivity contribution >= 4 is 27.7 Å². The Morgan fingerprint density at radius 1 is 1.09 bits per heavy atom. The predicted octanol–water partition coefficient (Wildman–Crippen LogP) is 2.09. The summed E-state index contributed by atoms with van der Waals surface area (Å²) in [5, 5.41) is 2.56. The summed E-state index contributed by atoms with van der Waals surface area (Å²) in [7, 11) is 1.87. The Morgan fingerprint density at radius 2 is 1.76 bits per heavy atom. The first-order valence-electron chi connectivity index (χ1n) is 10.8. The fourth-order valence-electron chi connectivity index (χ4n) is 3.45. The van der Waals surface area contributed by atoms with Crippen molar-refractivity contribution in [2.24, 2.45) is 0 Å². The Hall–Kier alpha value is -3.11. The zero-order valence-corrected chi connectivity index (χ0v) is 21.6. The number of hydrogen-bond donors (Lipinski definition) is 1. The normalized spacial score (nSPS) is 12.2. The van der Waals surface area contributed by atoms with E-state index in [1.54, 1.807) is 45.2 Å². The first-order valence-corrected chi connectivity index (χ1v) is 12.2. The Balaban J connectivity index is 2.51. The molecule has 0 aromatic heterocycles. The topological polar surface area (TPSA) is 99.3 Å². The third kappa shape index (κ3) is 6.27. The first kappa shape index (κ1) is 27.1. The van der Waals surface area contributed by atoms with Gasteiger partial charge in [0.2, 0.25) is 11.8 Å². The lowest BCUT2D eigenvalue weighted by atomic mass is 10.1. The van der Waals surface area contributed by atoms with Crippen LogP contribution in [0.25, 0.3) is 0 Å². The number of hydrogen-bond acceptors (Lipinski definition) is 5. The Bertz CT molecular complexity index is 1130. The smallest absolute Gasteiger partial charge is 0.304 e. The van der Waals surface area contributed by atoms with Crippen molar-refractivity contribution in [2.75, 3.05) is 39.1 Å². The lowest BCUT2D eigenvalue weighted by Gasteiger charge is -2.33. The molecule has 34 heavy (non-hydrogen) atoms. The summed E-state index contributed by atoms with van der Waals surface area (Å²) in [5.74, 6) is -0.250. The Morgan fingerprint density at radius 3 is 2.35 bits per heavy atom. The lowest BCUT2D eigenvalue weighted by molar-refractivity contribution is -0.139. The highest BCUT2D eigenvalue weighted by atomic mass is 32.2. The molecule has 0 spiro atoms. The molecule has 0 heterocycles. The number of ether oxygens (including phenoxy) is 1. The van der Waals surface area contributed by atoms with Gasteiger partial charge in [0.15, 0.2) is 0 Å². The van der Waals surface area contributed by atoms with E-state index in [0.29, 0.717) is 17.0 Å².